The Morgan fingerprint density at radius 2 is 2.20 bits per heavy atom. The number of aromatic nitrogens is 2. The van der Waals surface area contributed by atoms with Crippen LogP contribution in [0.15, 0.2) is 29.4 Å². The van der Waals surface area contributed by atoms with Crippen LogP contribution in [0.2, 0.25) is 0 Å². The number of nitrogens with two attached hydrogens (primary N) is 1. The van der Waals surface area contributed by atoms with Crippen LogP contribution in [0.4, 0.5) is 11.4 Å². The lowest BCUT2D eigenvalue weighted by Crippen LogP contribution is -2.13. The summed E-state index contributed by atoms with van der Waals surface area (Å²) >= 11 is 0. The van der Waals surface area contributed by atoms with Gasteiger partial charge in [-0.05, 0) is 18.2 Å². The summed E-state index contributed by atoms with van der Waals surface area (Å²) in [6.45, 7) is 1.88. The van der Waals surface area contributed by atoms with Gasteiger partial charge in [-0.2, -0.15) is 8.42 Å². The normalized spacial score (nSPS) is 11.3. The number of methoxy groups -OCH3 is 1. The standard InChI is InChI=1S/C12H16N4O3S/c1-3-11-14-7-12(15-11)20(17,18)16-8-4-5-10(19-2)9(13)6-8/h4-7,16H,3,13H2,1-2H3,(H,14,15). The number of hydrogen-bond donors (Lipinski definition) is 3. The minimum absolute atomic E-state index is 0.0174. The van der Waals surface area contributed by atoms with Crippen molar-refractivity contribution in [3.8, 4) is 5.75 Å². The van der Waals surface area contributed by atoms with Gasteiger partial charge in [-0.25, -0.2) is 4.98 Å². The number of H-pyrrole nitrogens is 1. The van der Waals surface area contributed by atoms with Crippen molar-refractivity contribution >= 4 is 21.4 Å². The predicted molar refractivity (Wildman–Crippen MR) is 76.2 cm³/mol. The van der Waals surface area contributed by atoms with E-state index < -0.39 is 10.0 Å². The first-order chi connectivity index (χ1) is 9.46. The van der Waals surface area contributed by atoms with Crippen molar-refractivity contribution in [2.45, 2.75) is 18.4 Å². The highest BCUT2D eigenvalue weighted by Gasteiger charge is 2.17. The molecule has 7 nitrogen and oxygen atoms in total. The van der Waals surface area contributed by atoms with Crippen LogP contribution in [0.5, 0.6) is 5.75 Å². The average molecular weight is 296 g/mol. The molecule has 0 aliphatic carbocycles. The Hall–Kier alpha value is -2.22. The number of aromatic amines is 1. The zero-order chi connectivity index (χ0) is 14.8. The molecule has 8 heteroatoms. The first-order valence-corrected chi connectivity index (χ1v) is 7.44. The number of benzene rings is 1. The highest BCUT2D eigenvalue weighted by atomic mass is 32.2. The lowest BCUT2D eigenvalue weighted by Gasteiger charge is -2.09. The topological polar surface area (TPSA) is 110 Å². The van der Waals surface area contributed by atoms with E-state index in [-0.39, 0.29) is 5.03 Å². The molecule has 0 saturated carbocycles. The monoisotopic (exact) mass is 296 g/mol. The van der Waals surface area contributed by atoms with Crippen LogP contribution in [0.1, 0.15) is 12.7 Å². The van der Waals surface area contributed by atoms with Gasteiger partial charge in [0, 0.05) is 6.42 Å². The molecule has 0 unspecified atom stereocenters. The Balaban J connectivity index is 2.26. The van der Waals surface area contributed by atoms with E-state index >= 15 is 0 Å². The van der Waals surface area contributed by atoms with Gasteiger partial charge in [0.15, 0.2) is 5.03 Å². The first kappa shape index (κ1) is 14.2. The molecule has 0 radical (unpaired) electrons. The van der Waals surface area contributed by atoms with Crippen molar-refractivity contribution in [3.63, 3.8) is 0 Å². The van der Waals surface area contributed by atoms with E-state index in [9.17, 15) is 8.42 Å². The van der Waals surface area contributed by atoms with Gasteiger partial charge >= 0.3 is 0 Å². The molecule has 0 bridgehead atoms. The lowest BCUT2D eigenvalue weighted by atomic mass is 10.2. The van der Waals surface area contributed by atoms with Crippen LogP contribution < -0.4 is 15.2 Å². The van der Waals surface area contributed by atoms with Gasteiger partial charge in [-0.15, -0.1) is 0 Å². The maximum Gasteiger partial charge on any atom is 0.278 e. The van der Waals surface area contributed by atoms with Crippen LogP contribution in [-0.4, -0.2) is 25.5 Å². The van der Waals surface area contributed by atoms with Gasteiger partial charge in [-0.3, -0.25) is 4.72 Å². The largest absolute Gasteiger partial charge is 0.495 e. The van der Waals surface area contributed by atoms with Gasteiger partial charge < -0.3 is 15.5 Å². The van der Waals surface area contributed by atoms with E-state index in [1.54, 1.807) is 12.1 Å². The molecule has 108 valence electrons. The van der Waals surface area contributed by atoms with Crippen molar-refractivity contribution in [3.05, 3.63) is 30.2 Å². The van der Waals surface area contributed by atoms with E-state index in [1.165, 1.54) is 19.4 Å². The number of nitrogen functional groups attached to an aromatic ring is 1. The minimum Gasteiger partial charge on any atom is -0.495 e. The number of nitrogens with zero attached hydrogens (tertiary/aromatic N) is 1. The Kier molecular flexibility index (Phi) is 3.84. The summed E-state index contributed by atoms with van der Waals surface area (Å²) in [5.74, 6) is 1.10. The van der Waals surface area contributed by atoms with Gasteiger partial charge in [-0.1, -0.05) is 6.92 Å². The fourth-order valence-corrected chi connectivity index (χ4v) is 2.66. The maximum absolute atomic E-state index is 12.1. The van der Waals surface area contributed by atoms with Crippen molar-refractivity contribution in [2.24, 2.45) is 0 Å². The van der Waals surface area contributed by atoms with Crippen LogP contribution in [0.3, 0.4) is 0 Å². The maximum atomic E-state index is 12.1. The number of sulfonamides is 1. The molecule has 0 spiro atoms. The summed E-state index contributed by atoms with van der Waals surface area (Å²) in [6.07, 6.45) is 1.92. The van der Waals surface area contributed by atoms with E-state index in [0.717, 1.165) is 0 Å². The predicted octanol–water partition coefficient (Wildman–Crippen LogP) is 1.36. The number of nitrogens with one attached hydrogen (secondary N) is 2. The third kappa shape index (κ3) is 2.85. The molecular weight excluding hydrogens is 280 g/mol. The van der Waals surface area contributed by atoms with Crippen molar-refractivity contribution in [1.82, 2.24) is 9.97 Å². The van der Waals surface area contributed by atoms with E-state index in [4.69, 9.17) is 10.5 Å². The summed E-state index contributed by atoms with van der Waals surface area (Å²) in [7, 11) is -2.21. The van der Waals surface area contributed by atoms with E-state index in [2.05, 4.69) is 14.7 Å². The SMILES string of the molecule is CCc1ncc(S(=O)(=O)Nc2ccc(OC)c(N)c2)[nH]1. The van der Waals surface area contributed by atoms with E-state index in [0.29, 0.717) is 29.4 Å². The second-order valence-electron chi connectivity index (χ2n) is 4.11. The van der Waals surface area contributed by atoms with Crippen LogP contribution in [0.25, 0.3) is 0 Å². The quantitative estimate of drug-likeness (QED) is 0.722. The molecule has 0 atom stereocenters. The zero-order valence-corrected chi connectivity index (χ0v) is 12.0. The first-order valence-electron chi connectivity index (χ1n) is 5.96. The summed E-state index contributed by atoms with van der Waals surface area (Å²) in [5, 5.41) is 0.0174. The Morgan fingerprint density at radius 3 is 2.75 bits per heavy atom. The van der Waals surface area contributed by atoms with Gasteiger partial charge in [0.05, 0.1) is 24.7 Å². The average Bonchev–Trinajstić information content (AvgIpc) is 2.88. The van der Waals surface area contributed by atoms with Crippen molar-refractivity contribution in [1.29, 1.82) is 0 Å². The number of rotatable bonds is 5. The third-order valence-electron chi connectivity index (χ3n) is 2.71. The highest BCUT2D eigenvalue weighted by Crippen LogP contribution is 2.25. The molecule has 20 heavy (non-hydrogen) atoms. The smallest absolute Gasteiger partial charge is 0.278 e. The minimum atomic E-state index is -3.70. The molecule has 1 aromatic carbocycles. The molecule has 0 fully saturated rings. The summed E-state index contributed by atoms with van der Waals surface area (Å²) in [5.41, 5.74) is 6.45. The number of ether oxygens (including phenoxy) is 1. The molecule has 0 amide bonds. The number of hydrogen-bond acceptors (Lipinski definition) is 5. The van der Waals surface area contributed by atoms with Crippen molar-refractivity contribution in [2.75, 3.05) is 17.6 Å². The number of aryl methyl sites for hydroxylation is 1. The Bertz CT molecular complexity index is 709. The molecule has 0 aliphatic rings. The molecular formula is C12H16N4O3S. The summed E-state index contributed by atoms with van der Waals surface area (Å²) in [6, 6.07) is 4.66. The van der Waals surface area contributed by atoms with Crippen molar-refractivity contribution < 1.29 is 13.2 Å². The van der Waals surface area contributed by atoms with Gasteiger partial charge in [0.25, 0.3) is 10.0 Å². The number of anilines is 2. The lowest BCUT2D eigenvalue weighted by molar-refractivity contribution is 0.417. The molecule has 4 N–H and O–H groups in total. The van der Waals surface area contributed by atoms with Crippen LogP contribution in [0, 0.1) is 0 Å². The Labute approximate surface area is 117 Å². The molecule has 1 heterocycles. The van der Waals surface area contributed by atoms with E-state index in [1.807, 2.05) is 6.92 Å². The fraction of sp³-hybridized carbons (Fsp3) is 0.250. The second-order valence-corrected chi connectivity index (χ2v) is 5.76. The highest BCUT2D eigenvalue weighted by molar-refractivity contribution is 7.92. The van der Waals surface area contributed by atoms with Gasteiger partial charge in [0.2, 0.25) is 0 Å². The van der Waals surface area contributed by atoms with Gasteiger partial charge in [0.1, 0.15) is 11.6 Å². The molecule has 0 saturated heterocycles. The van der Waals surface area contributed by atoms with Crippen LogP contribution in [-0.2, 0) is 16.4 Å². The summed E-state index contributed by atoms with van der Waals surface area (Å²) < 4.78 is 31.7. The second kappa shape index (κ2) is 5.41. The molecule has 2 rings (SSSR count). The Morgan fingerprint density at radius 1 is 1.45 bits per heavy atom. The zero-order valence-electron chi connectivity index (χ0n) is 11.2. The third-order valence-corrected chi connectivity index (χ3v) is 4.00. The number of imidazole rings is 1. The van der Waals surface area contributed by atoms with Crippen LogP contribution >= 0.6 is 0 Å². The molecule has 1 aromatic heterocycles. The molecule has 0 aliphatic heterocycles. The summed E-state index contributed by atoms with van der Waals surface area (Å²) in [4.78, 5) is 6.71. The molecule has 2 aromatic rings. The fourth-order valence-electron chi connectivity index (χ4n) is 1.67.